The SMILES string of the molecule is COC(=O)c1nc(C)n(CCn2cc(C)cn2)c1N. The first-order chi connectivity index (χ1) is 9.02. The first-order valence-electron chi connectivity index (χ1n) is 5.93. The van der Waals surface area contributed by atoms with Crippen LogP contribution in [0.5, 0.6) is 0 Å². The van der Waals surface area contributed by atoms with E-state index in [1.807, 2.05) is 17.8 Å². The van der Waals surface area contributed by atoms with Crippen LogP contribution in [-0.4, -0.2) is 32.4 Å². The fourth-order valence-corrected chi connectivity index (χ4v) is 1.90. The van der Waals surface area contributed by atoms with Gasteiger partial charge in [-0.3, -0.25) is 4.68 Å². The molecule has 2 aromatic rings. The summed E-state index contributed by atoms with van der Waals surface area (Å²) in [6.07, 6.45) is 3.74. The second-order valence-electron chi connectivity index (χ2n) is 4.32. The molecule has 7 nitrogen and oxygen atoms in total. The fraction of sp³-hybridized carbons (Fsp3) is 0.417. The molecule has 0 aliphatic rings. The maximum absolute atomic E-state index is 11.5. The quantitative estimate of drug-likeness (QED) is 0.823. The average molecular weight is 263 g/mol. The van der Waals surface area contributed by atoms with Gasteiger partial charge in [-0.15, -0.1) is 0 Å². The largest absolute Gasteiger partial charge is 0.464 e. The van der Waals surface area contributed by atoms with Crippen LogP contribution in [0.4, 0.5) is 5.82 Å². The molecule has 0 aliphatic heterocycles. The predicted molar refractivity (Wildman–Crippen MR) is 69.7 cm³/mol. The van der Waals surface area contributed by atoms with Crippen LogP contribution in [0.15, 0.2) is 12.4 Å². The lowest BCUT2D eigenvalue weighted by molar-refractivity contribution is 0.0595. The van der Waals surface area contributed by atoms with Crippen molar-refractivity contribution >= 4 is 11.8 Å². The molecule has 0 spiro atoms. The number of nitrogens with two attached hydrogens (primary N) is 1. The van der Waals surface area contributed by atoms with Crippen molar-refractivity contribution in [3.63, 3.8) is 0 Å². The lowest BCUT2D eigenvalue weighted by Crippen LogP contribution is -2.12. The number of rotatable bonds is 4. The maximum Gasteiger partial charge on any atom is 0.360 e. The molecule has 102 valence electrons. The number of esters is 1. The standard InChI is InChI=1S/C12H17N5O2/c1-8-6-14-16(7-8)4-5-17-9(2)15-10(11(17)13)12(18)19-3/h6-7H,4-5,13H2,1-3H3. The second-order valence-corrected chi connectivity index (χ2v) is 4.32. The third kappa shape index (κ3) is 2.59. The van der Waals surface area contributed by atoms with E-state index in [0.29, 0.717) is 24.7 Å². The predicted octanol–water partition coefficient (Wildman–Crippen LogP) is 0.765. The van der Waals surface area contributed by atoms with Crippen LogP contribution in [0, 0.1) is 13.8 Å². The van der Waals surface area contributed by atoms with Crippen molar-refractivity contribution < 1.29 is 9.53 Å². The first kappa shape index (κ1) is 13.1. The summed E-state index contributed by atoms with van der Waals surface area (Å²) in [4.78, 5) is 15.6. The van der Waals surface area contributed by atoms with E-state index in [0.717, 1.165) is 5.56 Å². The minimum Gasteiger partial charge on any atom is -0.464 e. The van der Waals surface area contributed by atoms with Gasteiger partial charge in [0, 0.05) is 12.7 Å². The molecular formula is C12H17N5O2. The molecule has 2 heterocycles. The summed E-state index contributed by atoms with van der Waals surface area (Å²) in [5.74, 6) is 0.490. The smallest absolute Gasteiger partial charge is 0.360 e. The molecule has 0 saturated carbocycles. The van der Waals surface area contributed by atoms with Crippen LogP contribution in [0.1, 0.15) is 21.9 Å². The van der Waals surface area contributed by atoms with Crippen molar-refractivity contribution in [3.05, 3.63) is 29.5 Å². The monoisotopic (exact) mass is 263 g/mol. The Morgan fingerprint density at radius 3 is 2.74 bits per heavy atom. The van der Waals surface area contributed by atoms with E-state index < -0.39 is 5.97 Å². The average Bonchev–Trinajstić information content (AvgIpc) is 2.91. The van der Waals surface area contributed by atoms with Crippen molar-refractivity contribution in [2.45, 2.75) is 26.9 Å². The van der Waals surface area contributed by atoms with Gasteiger partial charge in [-0.05, 0) is 19.4 Å². The zero-order chi connectivity index (χ0) is 14.0. The Bertz CT molecular complexity index is 599. The molecule has 0 bridgehead atoms. The summed E-state index contributed by atoms with van der Waals surface area (Å²) in [6.45, 7) is 5.05. The van der Waals surface area contributed by atoms with Crippen molar-refractivity contribution in [3.8, 4) is 0 Å². The molecule has 0 saturated heterocycles. The number of hydrogen-bond donors (Lipinski definition) is 1. The van der Waals surface area contributed by atoms with Crippen LogP contribution in [0.3, 0.4) is 0 Å². The van der Waals surface area contributed by atoms with Gasteiger partial charge in [0.2, 0.25) is 0 Å². The Kier molecular flexibility index (Phi) is 3.55. The highest BCUT2D eigenvalue weighted by Gasteiger charge is 2.18. The summed E-state index contributed by atoms with van der Waals surface area (Å²) in [7, 11) is 1.31. The van der Waals surface area contributed by atoms with Crippen LogP contribution in [0.2, 0.25) is 0 Å². The van der Waals surface area contributed by atoms with Gasteiger partial charge in [-0.25, -0.2) is 9.78 Å². The zero-order valence-corrected chi connectivity index (χ0v) is 11.3. The highest BCUT2D eigenvalue weighted by Crippen LogP contribution is 2.15. The minimum absolute atomic E-state index is 0.164. The van der Waals surface area contributed by atoms with Crippen molar-refractivity contribution in [1.29, 1.82) is 0 Å². The number of imidazole rings is 1. The Morgan fingerprint density at radius 1 is 1.42 bits per heavy atom. The lowest BCUT2D eigenvalue weighted by atomic mass is 10.4. The number of anilines is 1. The van der Waals surface area contributed by atoms with Gasteiger partial charge in [0.25, 0.3) is 0 Å². The van der Waals surface area contributed by atoms with E-state index in [1.54, 1.807) is 17.7 Å². The van der Waals surface area contributed by atoms with Gasteiger partial charge in [-0.2, -0.15) is 5.10 Å². The van der Waals surface area contributed by atoms with E-state index in [-0.39, 0.29) is 5.69 Å². The summed E-state index contributed by atoms with van der Waals surface area (Å²) < 4.78 is 8.25. The highest BCUT2D eigenvalue weighted by atomic mass is 16.5. The number of aromatic nitrogens is 4. The topological polar surface area (TPSA) is 88.0 Å². The minimum atomic E-state index is -0.519. The molecule has 0 aromatic carbocycles. The molecule has 2 N–H and O–H groups in total. The Balaban J connectivity index is 2.16. The van der Waals surface area contributed by atoms with E-state index in [4.69, 9.17) is 5.73 Å². The van der Waals surface area contributed by atoms with E-state index in [1.165, 1.54) is 7.11 Å². The molecule has 0 fully saturated rings. The number of aryl methyl sites for hydroxylation is 3. The Hall–Kier alpha value is -2.31. The van der Waals surface area contributed by atoms with Gasteiger partial charge < -0.3 is 15.0 Å². The normalized spacial score (nSPS) is 10.7. The highest BCUT2D eigenvalue weighted by molar-refractivity contribution is 5.92. The first-order valence-corrected chi connectivity index (χ1v) is 5.93. The van der Waals surface area contributed by atoms with Crippen LogP contribution in [0.25, 0.3) is 0 Å². The molecule has 0 amide bonds. The fourth-order valence-electron chi connectivity index (χ4n) is 1.90. The molecule has 19 heavy (non-hydrogen) atoms. The Morgan fingerprint density at radius 2 is 2.16 bits per heavy atom. The molecule has 0 aliphatic carbocycles. The van der Waals surface area contributed by atoms with Gasteiger partial charge in [-0.1, -0.05) is 0 Å². The van der Waals surface area contributed by atoms with E-state index in [9.17, 15) is 4.79 Å². The number of ether oxygens (including phenoxy) is 1. The lowest BCUT2D eigenvalue weighted by Gasteiger charge is -2.07. The van der Waals surface area contributed by atoms with Gasteiger partial charge >= 0.3 is 5.97 Å². The number of nitrogens with zero attached hydrogens (tertiary/aromatic N) is 4. The summed E-state index contributed by atoms with van der Waals surface area (Å²) in [6, 6.07) is 0. The zero-order valence-electron chi connectivity index (χ0n) is 11.3. The van der Waals surface area contributed by atoms with E-state index >= 15 is 0 Å². The number of nitrogen functional groups attached to an aromatic ring is 1. The number of carbonyl (C=O) groups is 1. The van der Waals surface area contributed by atoms with Gasteiger partial charge in [0.15, 0.2) is 5.69 Å². The van der Waals surface area contributed by atoms with Gasteiger partial charge in [0.1, 0.15) is 11.6 Å². The summed E-state index contributed by atoms with van der Waals surface area (Å²) in [5, 5.41) is 4.20. The van der Waals surface area contributed by atoms with Crippen LogP contribution >= 0.6 is 0 Å². The third-order valence-corrected chi connectivity index (χ3v) is 2.89. The number of carbonyl (C=O) groups excluding carboxylic acids is 1. The summed E-state index contributed by atoms with van der Waals surface area (Å²) in [5.41, 5.74) is 7.19. The number of hydrogen-bond acceptors (Lipinski definition) is 5. The van der Waals surface area contributed by atoms with Crippen molar-refractivity contribution in [2.24, 2.45) is 0 Å². The van der Waals surface area contributed by atoms with Crippen LogP contribution < -0.4 is 5.73 Å². The molecule has 0 atom stereocenters. The molecule has 2 rings (SSSR count). The number of methoxy groups -OCH3 is 1. The summed E-state index contributed by atoms with van der Waals surface area (Å²) >= 11 is 0. The molecule has 7 heteroatoms. The molecular weight excluding hydrogens is 246 g/mol. The van der Waals surface area contributed by atoms with Crippen molar-refractivity contribution in [1.82, 2.24) is 19.3 Å². The third-order valence-electron chi connectivity index (χ3n) is 2.89. The maximum atomic E-state index is 11.5. The van der Waals surface area contributed by atoms with Crippen molar-refractivity contribution in [2.75, 3.05) is 12.8 Å². The molecule has 2 aromatic heterocycles. The molecule has 0 unspecified atom stereocenters. The van der Waals surface area contributed by atoms with Crippen LogP contribution in [-0.2, 0) is 17.8 Å². The second kappa shape index (κ2) is 5.13. The Labute approximate surface area is 111 Å². The van der Waals surface area contributed by atoms with Gasteiger partial charge in [0.05, 0.1) is 19.9 Å². The molecule has 0 radical (unpaired) electrons. The van der Waals surface area contributed by atoms with E-state index in [2.05, 4.69) is 14.8 Å².